The number of hydrogen-bond acceptors (Lipinski definition) is 3. The van der Waals surface area contributed by atoms with Crippen molar-refractivity contribution in [1.29, 1.82) is 0 Å². The van der Waals surface area contributed by atoms with Crippen LogP contribution in [-0.2, 0) is 24.6 Å². The van der Waals surface area contributed by atoms with E-state index in [4.69, 9.17) is 4.74 Å². The van der Waals surface area contributed by atoms with Crippen LogP contribution in [0.15, 0.2) is 6.07 Å². The molecule has 0 aliphatic carbocycles. The summed E-state index contributed by atoms with van der Waals surface area (Å²) in [4.78, 5) is 0. The summed E-state index contributed by atoms with van der Waals surface area (Å²) in [7, 11) is 3.58. The molecule has 1 heterocycles. The molecule has 2 atom stereocenters. The molecule has 0 saturated carbocycles. The van der Waals surface area contributed by atoms with E-state index in [1.807, 2.05) is 18.7 Å². The summed E-state index contributed by atoms with van der Waals surface area (Å²) in [6.07, 6.45) is 1.95. The maximum absolute atomic E-state index is 9.89. The smallest absolute Gasteiger partial charge is 0.0624 e. The maximum Gasteiger partial charge on any atom is 0.0624 e. The zero-order valence-corrected chi connectivity index (χ0v) is 10.6. The third-order valence-electron chi connectivity index (χ3n) is 2.84. The Bertz CT molecular complexity index is 323. The van der Waals surface area contributed by atoms with Crippen LogP contribution in [0.2, 0.25) is 0 Å². The van der Waals surface area contributed by atoms with Crippen molar-refractivity contribution in [3.63, 3.8) is 0 Å². The summed E-state index contributed by atoms with van der Waals surface area (Å²) >= 11 is 0. The van der Waals surface area contributed by atoms with Gasteiger partial charge in [0.15, 0.2) is 0 Å². The second-order valence-electron chi connectivity index (χ2n) is 4.24. The molecular formula is C12H22N2O2. The van der Waals surface area contributed by atoms with Gasteiger partial charge in [0.2, 0.25) is 0 Å². The highest BCUT2D eigenvalue weighted by Gasteiger charge is 2.13. The van der Waals surface area contributed by atoms with Crippen LogP contribution < -0.4 is 0 Å². The van der Waals surface area contributed by atoms with Crippen LogP contribution in [0.5, 0.6) is 0 Å². The highest BCUT2D eigenvalue weighted by atomic mass is 16.5. The molecule has 0 fully saturated rings. The number of aliphatic hydroxyl groups excluding tert-OH is 1. The number of nitrogens with zero attached hydrogens (tertiary/aromatic N) is 2. The summed E-state index contributed by atoms with van der Waals surface area (Å²) in [5.41, 5.74) is 2.15. The molecule has 1 aromatic rings. The largest absolute Gasteiger partial charge is 0.393 e. The third kappa shape index (κ3) is 3.61. The molecule has 0 spiro atoms. The van der Waals surface area contributed by atoms with Gasteiger partial charge in [-0.1, -0.05) is 6.92 Å². The predicted octanol–water partition coefficient (Wildman–Crippen LogP) is 1.31. The van der Waals surface area contributed by atoms with Gasteiger partial charge in [0, 0.05) is 26.3 Å². The minimum Gasteiger partial charge on any atom is -0.393 e. The van der Waals surface area contributed by atoms with E-state index in [0.717, 1.165) is 17.8 Å². The van der Waals surface area contributed by atoms with Crippen LogP contribution in [0, 0.1) is 0 Å². The first-order chi connectivity index (χ1) is 7.56. The Hall–Kier alpha value is -0.870. The zero-order chi connectivity index (χ0) is 12.1. The van der Waals surface area contributed by atoms with Gasteiger partial charge in [-0.2, -0.15) is 5.10 Å². The fourth-order valence-corrected chi connectivity index (χ4v) is 1.74. The van der Waals surface area contributed by atoms with Gasteiger partial charge in [-0.05, 0) is 25.8 Å². The van der Waals surface area contributed by atoms with Crippen molar-refractivity contribution in [3.05, 3.63) is 17.5 Å². The van der Waals surface area contributed by atoms with Crippen molar-refractivity contribution in [2.45, 2.75) is 45.3 Å². The molecule has 0 bridgehead atoms. The molecule has 0 aliphatic heterocycles. The number of aryl methyl sites for hydroxylation is 2. The first-order valence-electron chi connectivity index (χ1n) is 5.79. The molecule has 1 rings (SSSR count). The molecule has 4 nitrogen and oxygen atoms in total. The van der Waals surface area contributed by atoms with E-state index in [1.165, 1.54) is 0 Å². The third-order valence-corrected chi connectivity index (χ3v) is 2.84. The van der Waals surface area contributed by atoms with Gasteiger partial charge < -0.3 is 9.84 Å². The highest BCUT2D eigenvalue weighted by Crippen LogP contribution is 2.10. The second-order valence-corrected chi connectivity index (χ2v) is 4.24. The number of rotatable bonds is 6. The van der Waals surface area contributed by atoms with E-state index in [0.29, 0.717) is 12.8 Å². The molecule has 0 aromatic carbocycles. The Morgan fingerprint density at radius 1 is 1.56 bits per heavy atom. The predicted molar refractivity (Wildman–Crippen MR) is 63.4 cm³/mol. The van der Waals surface area contributed by atoms with Crippen LogP contribution in [0.3, 0.4) is 0 Å². The Kier molecular flexibility index (Phi) is 4.96. The first-order valence-corrected chi connectivity index (χ1v) is 5.79. The molecule has 2 unspecified atom stereocenters. The van der Waals surface area contributed by atoms with Crippen molar-refractivity contribution in [1.82, 2.24) is 9.78 Å². The topological polar surface area (TPSA) is 47.3 Å². The van der Waals surface area contributed by atoms with Gasteiger partial charge >= 0.3 is 0 Å². The first kappa shape index (κ1) is 13.2. The van der Waals surface area contributed by atoms with Crippen LogP contribution in [0.25, 0.3) is 0 Å². The van der Waals surface area contributed by atoms with Crippen molar-refractivity contribution in [3.8, 4) is 0 Å². The lowest BCUT2D eigenvalue weighted by molar-refractivity contribution is 0.0558. The molecule has 0 saturated heterocycles. The summed E-state index contributed by atoms with van der Waals surface area (Å²) in [6, 6.07) is 2.06. The van der Waals surface area contributed by atoms with Gasteiger partial charge in [0.1, 0.15) is 0 Å². The molecule has 0 radical (unpaired) electrons. The van der Waals surface area contributed by atoms with Crippen molar-refractivity contribution < 1.29 is 9.84 Å². The van der Waals surface area contributed by atoms with E-state index in [9.17, 15) is 5.11 Å². The zero-order valence-electron chi connectivity index (χ0n) is 10.6. The Morgan fingerprint density at radius 3 is 2.75 bits per heavy atom. The lowest BCUT2D eigenvalue weighted by atomic mass is 10.1. The fraction of sp³-hybridized carbons (Fsp3) is 0.750. The molecule has 1 N–H and O–H groups in total. The van der Waals surface area contributed by atoms with Gasteiger partial charge in [-0.3, -0.25) is 4.68 Å². The van der Waals surface area contributed by atoms with Gasteiger partial charge in [-0.15, -0.1) is 0 Å². The minimum atomic E-state index is -0.366. The summed E-state index contributed by atoms with van der Waals surface area (Å²) in [6.45, 7) is 4.04. The van der Waals surface area contributed by atoms with Crippen molar-refractivity contribution in [2.75, 3.05) is 7.11 Å². The Morgan fingerprint density at radius 2 is 2.25 bits per heavy atom. The standard InChI is InChI=1S/C12H22N2O2/c1-5-10-7-11(14(3)13-10)8-12(15)6-9(2)16-4/h7,9,12,15H,5-6,8H2,1-4H3. The second kappa shape index (κ2) is 6.01. The molecule has 1 aromatic heterocycles. The molecule has 0 aliphatic rings. The Balaban J connectivity index is 2.55. The van der Waals surface area contributed by atoms with Crippen LogP contribution in [0.1, 0.15) is 31.7 Å². The molecule has 4 heteroatoms. The molecule has 92 valence electrons. The lowest BCUT2D eigenvalue weighted by Crippen LogP contribution is -2.20. The van der Waals surface area contributed by atoms with Crippen LogP contribution >= 0.6 is 0 Å². The fourth-order valence-electron chi connectivity index (χ4n) is 1.74. The molecule has 0 amide bonds. The van der Waals surface area contributed by atoms with E-state index < -0.39 is 0 Å². The monoisotopic (exact) mass is 226 g/mol. The summed E-state index contributed by atoms with van der Waals surface area (Å²) in [5.74, 6) is 0. The van der Waals surface area contributed by atoms with E-state index in [2.05, 4.69) is 18.1 Å². The number of ether oxygens (including phenoxy) is 1. The summed E-state index contributed by atoms with van der Waals surface area (Å²) in [5, 5.41) is 14.2. The van der Waals surface area contributed by atoms with Crippen LogP contribution in [-0.4, -0.2) is 34.2 Å². The average molecular weight is 226 g/mol. The van der Waals surface area contributed by atoms with E-state index >= 15 is 0 Å². The van der Waals surface area contributed by atoms with Gasteiger partial charge in [0.05, 0.1) is 17.9 Å². The average Bonchev–Trinajstić information content (AvgIpc) is 2.59. The van der Waals surface area contributed by atoms with E-state index in [-0.39, 0.29) is 12.2 Å². The SMILES string of the molecule is CCc1cc(CC(O)CC(C)OC)n(C)n1. The normalized spacial score (nSPS) is 15.1. The number of aliphatic hydroxyl groups is 1. The van der Waals surface area contributed by atoms with Gasteiger partial charge in [0.25, 0.3) is 0 Å². The van der Waals surface area contributed by atoms with Crippen molar-refractivity contribution in [2.24, 2.45) is 7.05 Å². The summed E-state index contributed by atoms with van der Waals surface area (Å²) < 4.78 is 6.98. The van der Waals surface area contributed by atoms with Gasteiger partial charge in [-0.25, -0.2) is 0 Å². The number of aromatic nitrogens is 2. The minimum absolute atomic E-state index is 0.0915. The maximum atomic E-state index is 9.89. The lowest BCUT2D eigenvalue weighted by Gasteiger charge is -2.14. The quantitative estimate of drug-likeness (QED) is 0.795. The van der Waals surface area contributed by atoms with Crippen LogP contribution in [0.4, 0.5) is 0 Å². The van der Waals surface area contributed by atoms with Crippen molar-refractivity contribution >= 4 is 0 Å². The van der Waals surface area contributed by atoms with E-state index in [1.54, 1.807) is 7.11 Å². The number of hydrogen-bond donors (Lipinski definition) is 1. The molecule has 16 heavy (non-hydrogen) atoms. The molecular weight excluding hydrogens is 204 g/mol. The Labute approximate surface area is 97.2 Å². The highest BCUT2D eigenvalue weighted by molar-refractivity contribution is 5.11. The number of methoxy groups -OCH3 is 1.